The number of hydrogen-bond acceptors (Lipinski definition) is 0. The van der Waals surface area contributed by atoms with Gasteiger partial charge in [-0.15, -0.1) is 13.2 Å². The number of benzene rings is 1. The zero-order chi connectivity index (χ0) is 7.98. The molecule has 1 aromatic carbocycles. The lowest BCUT2D eigenvalue weighted by atomic mass is 10.4. The number of halogens is 2. The molecule has 0 nitrogen and oxygen atoms in total. The molecule has 0 amide bonds. The molecule has 10 heavy (non-hydrogen) atoms. The second kappa shape index (κ2) is 6.15. The van der Waals surface area contributed by atoms with Crippen molar-refractivity contribution in [2.45, 2.75) is 0 Å². The summed E-state index contributed by atoms with van der Waals surface area (Å²) in [6.45, 7) is 6.00. The molecule has 0 aliphatic heterocycles. The first-order valence-corrected chi connectivity index (χ1v) is 4.86. The topological polar surface area (TPSA) is 0 Å². The molecule has 0 fully saturated rings. The van der Waals surface area contributed by atoms with Gasteiger partial charge in [-0.1, -0.05) is 0 Å². The molecule has 1 aromatic rings. The first-order chi connectivity index (χ1) is 4.79. The van der Waals surface area contributed by atoms with Gasteiger partial charge in [-0.3, -0.25) is 0 Å². The molecule has 2 heteroatoms. The summed E-state index contributed by atoms with van der Waals surface area (Å²) in [5.74, 6) is 0. The molecule has 1 rings (SSSR count). The van der Waals surface area contributed by atoms with Crippen LogP contribution < -0.4 is 0 Å². The Kier molecular flexibility index (Phi) is 6.41. The number of hydrogen-bond donors (Lipinski definition) is 0. The first kappa shape index (κ1) is 10.4. The van der Waals surface area contributed by atoms with Gasteiger partial charge < -0.3 is 0 Å². The van der Waals surface area contributed by atoms with E-state index >= 15 is 0 Å². The van der Waals surface area contributed by atoms with Crippen LogP contribution >= 0.6 is 45.2 Å². The van der Waals surface area contributed by atoms with Crippen LogP contribution in [0.5, 0.6) is 0 Å². The maximum absolute atomic E-state index is 3.00. The third-order valence-electron chi connectivity index (χ3n) is 0.804. The van der Waals surface area contributed by atoms with Gasteiger partial charge in [0.1, 0.15) is 0 Å². The van der Waals surface area contributed by atoms with Crippen LogP contribution in [0.3, 0.4) is 0 Å². The van der Waals surface area contributed by atoms with E-state index in [0.717, 1.165) is 0 Å². The smallest absolute Gasteiger partial charge is 0.0131 e. The lowest BCUT2D eigenvalue weighted by Crippen LogP contribution is -1.68. The maximum Gasteiger partial charge on any atom is 0.0131 e. The Balaban J connectivity index is 0.000000371. The van der Waals surface area contributed by atoms with Crippen molar-refractivity contribution in [1.29, 1.82) is 0 Å². The van der Waals surface area contributed by atoms with Gasteiger partial charge >= 0.3 is 0 Å². The fourth-order valence-electron chi connectivity index (χ4n) is 0.430. The van der Waals surface area contributed by atoms with Crippen molar-refractivity contribution < 1.29 is 0 Å². The van der Waals surface area contributed by atoms with E-state index in [-0.39, 0.29) is 0 Å². The Morgan fingerprint density at radius 3 is 1.20 bits per heavy atom. The molecule has 0 aliphatic carbocycles. The van der Waals surface area contributed by atoms with Crippen LogP contribution in [0, 0.1) is 7.14 Å². The van der Waals surface area contributed by atoms with E-state index < -0.39 is 0 Å². The van der Waals surface area contributed by atoms with E-state index in [1.165, 1.54) is 7.14 Å². The summed E-state index contributed by atoms with van der Waals surface area (Å²) in [7, 11) is 0. The van der Waals surface area contributed by atoms with Crippen LogP contribution in [0.2, 0.25) is 0 Å². The summed E-state index contributed by atoms with van der Waals surface area (Å²) in [4.78, 5) is 0. The molecule has 0 aliphatic rings. The Bertz CT molecular complexity index is 158. The van der Waals surface area contributed by atoms with Crippen molar-refractivity contribution in [2.75, 3.05) is 0 Å². The molecule has 0 unspecified atom stereocenters. The van der Waals surface area contributed by atoms with Crippen LogP contribution in [0.25, 0.3) is 0 Å². The lowest BCUT2D eigenvalue weighted by molar-refractivity contribution is 1.60. The SMILES string of the molecule is C=C.Ic1ccc(I)cc1. The average molecular weight is 358 g/mol. The monoisotopic (exact) mass is 358 g/mol. The minimum atomic E-state index is 1.29. The standard InChI is InChI=1S/C6H4I2.C2H4/c7-5-1-2-6(8)4-3-5;1-2/h1-4H;1-2H2. The van der Waals surface area contributed by atoms with Crippen molar-refractivity contribution >= 4 is 45.2 Å². The summed E-state index contributed by atoms with van der Waals surface area (Å²) in [5.41, 5.74) is 0. The summed E-state index contributed by atoms with van der Waals surface area (Å²) in [5, 5.41) is 0. The third-order valence-corrected chi connectivity index (χ3v) is 2.24. The van der Waals surface area contributed by atoms with E-state index in [0.29, 0.717) is 0 Å². The largest absolute Gasteiger partial charge is 0.106 e. The van der Waals surface area contributed by atoms with Crippen molar-refractivity contribution in [1.82, 2.24) is 0 Å². The Morgan fingerprint density at radius 2 is 1.00 bits per heavy atom. The first-order valence-electron chi connectivity index (χ1n) is 2.70. The molecule has 0 spiro atoms. The summed E-state index contributed by atoms with van der Waals surface area (Å²) in [6, 6.07) is 8.40. The van der Waals surface area contributed by atoms with Crippen LogP contribution in [-0.4, -0.2) is 0 Å². The molecule has 0 atom stereocenters. The highest BCUT2D eigenvalue weighted by Crippen LogP contribution is 2.07. The zero-order valence-corrected chi connectivity index (χ0v) is 9.79. The van der Waals surface area contributed by atoms with E-state index in [4.69, 9.17) is 0 Å². The molecule has 0 radical (unpaired) electrons. The van der Waals surface area contributed by atoms with Crippen molar-refractivity contribution in [3.8, 4) is 0 Å². The Morgan fingerprint density at radius 1 is 0.800 bits per heavy atom. The zero-order valence-electron chi connectivity index (χ0n) is 5.48. The van der Waals surface area contributed by atoms with E-state index in [1.54, 1.807) is 0 Å². The molecule has 0 N–H and O–H groups in total. The van der Waals surface area contributed by atoms with Gasteiger partial charge in [0.2, 0.25) is 0 Å². The highest BCUT2D eigenvalue weighted by Gasteiger charge is 1.82. The number of rotatable bonds is 0. The minimum absolute atomic E-state index is 1.29. The quantitative estimate of drug-likeness (QED) is 0.490. The van der Waals surface area contributed by atoms with Gasteiger partial charge in [0, 0.05) is 7.14 Å². The molecule has 0 saturated heterocycles. The van der Waals surface area contributed by atoms with Crippen LogP contribution in [-0.2, 0) is 0 Å². The summed E-state index contributed by atoms with van der Waals surface area (Å²) in [6.07, 6.45) is 0. The van der Waals surface area contributed by atoms with Crippen molar-refractivity contribution in [3.05, 3.63) is 44.6 Å². The van der Waals surface area contributed by atoms with Gasteiger partial charge in [-0.05, 0) is 69.4 Å². The normalized spacial score (nSPS) is 7.80. The lowest BCUT2D eigenvalue weighted by Gasteiger charge is -1.87. The van der Waals surface area contributed by atoms with Gasteiger partial charge in [0.15, 0.2) is 0 Å². The highest BCUT2D eigenvalue weighted by molar-refractivity contribution is 14.1. The second-order valence-corrected chi connectivity index (χ2v) is 3.93. The van der Waals surface area contributed by atoms with E-state index in [2.05, 4.69) is 82.6 Å². The molecule has 0 heterocycles. The fraction of sp³-hybridized carbons (Fsp3) is 0. The predicted octanol–water partition coefficient (Wildman–Crippen LogP) is 3.70. The van der Waals surface area contributed by atoms with Crippen LogP contribution in [0.15, 0.2) is 37.4 Å². The summed E-state index contributed by atoms with van der Waals surface area (Å²) >= 11 is 4.59. The molecular weight excluding hydrogens is 350 g/mol. The van der Waals surface area contributed by atoms with E-state index in [9.17, 15) is 0 Å². The van der Waals surface area contributed by atoms with Gasteiger partial charge in [0.25, 0.3) is 0 Å². The fourth-order valence-corrected chi connectivity index (χ4v) is 1.15. The average Bonchev–Trinajstić information content (AvgIpc) is 2.00. The van der Waals surface area contributed by atoms with E-state index in [1.807, 2.05) is 0 Å². The maximum atomic E-state index is 3.00. The summed E-state index contributed by atoms with van der Waals surface area (Å²) < 4.78 is 2.59. The minimum Gasteiger partial charge on any atom is -0.106 e. The van der Waals surface area contributed by atoms with Crippen molar-refractivity contribution in [3.63, 3.8) is 0 Å². The van der Waals surface area contributed by atoms with Gasteiger partial charge in [0.05, 0.1) is 0 Å². The van der Waals surface area contributed by atoms with Gasteiger partial charge in [-0.25, -0.2) is 0 Å². The van der Waals surface area contributed by atoms with Crippen molar-refractivity contribution in [2.24, 2.45) is 0 Å². The predicted molar refractivity (Wildman–Crippen MR) is 63.1 cm³/mol. The molecule has 0 saturated carbocycles. The third kappa shape index (κ3) is 4.27. The molecule has 0 aromatic heterocycles. The Hall–Kier alpha value is 0.420. The molecule has 0 bridgehead atoms. The molecule has 54 valence electrons. The second-order valence-electron chi connectivity index (χ2n) is 1.44. The van der Waals surface area contributed by atoms with Crippen LogP contribution in [0.4, 0.5) is 0 Å². The van der Waals surface area contributed by atoms with Crippen LogP contribution in [0.1, 0.15) is 0 Å². The Labute approximate surface area is 89.0 Å². The highest BCUT2D eigenvalue weighted by atomic mass is 127. The van der Waals surface area contributed by atoms with Gasteiger partial charge in [-0.2, -0.15) is 0 Å². The molecular formula is C8H8I2.